The van der Waals surface area contributed by atoms with Crippen LogP contribution in [0.5, 0.6) is 0 Å². The fraction of sp³-hybridized carbons (Fsp3) is 0.800. The Morgan fingerprint density at radius 2 is 2.31 bits per heavy atom. The Morgan fingerprint density at radius 3 is 2.77 bits per heavy atom. The molecule has 1 saturated heterocycles. The van der Waals surface area contributed by atoms with Crippen LogP contribution in [0.15, 0.2) is 0 Å². The van der Waals surface area contributed by atoms with E-state index >= 15 is 0 Å². The highest BCUT2D eigenvalue weighted by Gasteiger charge is 2.32. The van der Waals surface area contributed by atoms with Gasteiger partial charge in [-0.3, -0.25) is 0 Å². The molecule has 1 fully saturated rings. The number of nitrogens with zero attached hydrogens (tertiary/aromatic N) is 1. The molecule has 76 valence electrons. The van der Waals surface area contributed by atoms with Gasteiger partial charge < -0.3 is 9.84 Å². The van der Waals surface area contributed by atoms with E-state index in [1.807, 2.05) is 4.72 Å². The van der Waals surface area contributed by atoms with Gasteiger partial charge >= 0.3 is 16.3 Å². The summed E-state index contributed by atoms with van der Waals surface area (Å²) in [5, 5.41) is 8.38. The highest BCUT2D eigenvalue weighted by molar-refractivity contribution is 7.87. The molecule has 0 spiro atoms. The molecule has 1 heterocycles. The summed E-state index contributed by atoms with van der Waals surface area (Å²) in [5.41, 5.74) is 0. The van der Waals surface area contributed by atoms with E-state index in [4.69, 9.17) is 5.11 Å². The van der Waals surface area contributed by atoms with Crippen LogP contribution in [-0.4, -0.2) is 50.2 Å². The summed E-state index contributed by atoms with van der Waals surface area (Å²) < 4.78 is 29.5. The van der Waals surface area contributed by atoms with Crippen LogP contribution in [0.1, 0.15) is 0 Å². The number of hydrogen-bond acceptors (Lipinski definition) is 5. The lowest BCUT2D eigenvalue weighted by molar-refractivity contribution is 0.169. The van der Waals surface area contributed by atoms with Crippen molar-refractivity contribution in [3.05, 3.63) is 0 Å². The first-order valence-corrected chi connectivity index (χ1v) is 5.07. The van der Waals surface area contributed by atoms with Crippen LogP contribution >= 0.6 is 0 Å². The third-order valence-electron chi connectivity index (χ3n) is 1.41. The fourth-order valence-corrected chi connectivity index (χ4v) is 1.92. The maximum Gasteiger partial charge on any atom is 0.424 e. The molecule has 1 aliphatic rings. The van der Waals surface area contributed by atoms with E-state index in [1.165, 1.54) is 0 Å². The van der Waals surface area contributed by atoms with E-state index < -0.39 is 16.3 Å². The van der Waals surface area contributed by atoms with Gasteiger partial charge in [0.05, 0.1) is 13.2 Å². The highest BCUT2D eigenvalue weighted by Crippen LogP contribution is 2.07. The molecule has 0 bridgehead atoms. The van der Waals surface area contributed by atoms with Crippen molar-refractivity contribution < 1.29 is 23.1 Å². The minimum absolute atomic E-state index is 0.0135. The molecular formula is C5H10N2O5S. The molecule has 0 aromatic rings. The zero-order valence-electron chi connectivity index (χ0n) is 6.76. The number of hydrogen-bond donors (Lipinski definition) is 2. The van der Waals surface area contributed by atoms with Crippen molar-refractivity contribution in [1.82, 2.24) is 9.03 Å². The topological polar surface area (TPSA) is 95.9 Å². The number of aliphatic hydroxyl groups is 1. The average Bonchev–Trinajstić information content (AvgIpc) is 2.48. The van der Waals surface area contributed by atoms with Gasteiger partial charge in [0.15, 0.2) is 0 Å². The summed E-state index contributed by atoms with van der Waals surface area (Å²) in [6.07, 6.45) is -0.884. The molecule has 0 aliphatic carbocycles. The van der Waals surface area contributed by atoms with Crippen molar-refractivity contribution in [2.75, 3.05) is 26.3 Å². The van der Waals surface area contributed by atoms with Crippen molar-refractivity contribution in [1.29, 1.82) is 0 Å². The second kappa shape index (κ2) is 3.90. The molecule has 0 saturated carbocycles. The monoisotopic (exact) mass is 210 g/mol. The zero-order chi connectivity index (χ0) is 9.90. The quantitative estimate of drug-likeness (QED) is 0.574. The lowest BCUT2D eigenvalue weighted by Gasteiger charge is -2.12. The molecule has 1 aliphatic heterocycles. The molecule has 1 rings (SSSR count). The normalized spacial score (nSPS) is 17.6. The lowest BCUT2D eigenvalue weighted by Crippen LogP contribution is -2.42. The summed E-state index contributed by atoms with van der Waals surface area (Å²) in [6, 6.07) is 0. The predicted molar refractivity (Wildman–Crippen MR) is 42.1 cm³/mol. The second-order valence-corrected chi connectivity index (χ2v) is 3.99. The molecular weight excluding hydrogens is 200 g/mol. The van der Waals surface area contributed by atoms with Crippen LogP contribution in [0, 0.1) is 0 Å². The van der Waals surface area contributed by atoms with Crippen LogP contribution in [0.25, 0.3) is 0 Å². The standard InChI is InChI=1S/C5H10N2O5S/c8-3-1-6-13(10,11)7-2-4-12-5(7)9/h6,8H,1-4H2. The first kappa shape index (κ1) is 10.2. The van der Waals surface area contributed by atoms with Gasteiger partial charge in [-0.25, -0.2) is 4.79 Å². The van der Waals surface area contributed by atoms with Gasteiger partial charge in [-0.05, 0) is 0 Å². The Bertz CT molecular complexity index is 287. The number of cyclic esters (lactones) is 1. The van der Waals surface area contributed by atoms with Gasteiger partial charge in [0.1, 0.15) is 6.61 Å². The Kier molecular flexibility index (Phi) is 3.07. The van der Waals surface area contributed by atoms with Gasteiger partial charge in [-0.1, -0.05) is 0 Å². The number of amides is 1. The van der Waals surface area contributed by atoms with E-state index in [0.29, 0.717) is 4.31 Å². The number of carbonyl (C=O) groups excluding carboxylic acids is 1. The van der Waals surface area contributed by atoms with Gasteiger partial charge in [-0.15, -0.1) is 0 Å². The maximum absolute atomic E-state index is 11.2. The molecule has 13 heavy (non-hydrogen) atoms. The maximum atomic E-state index is 11.2. The molecule has 7 nitrogen and oxygen atoms in total. The van der Waals surface area contributed by atoms with E-state index in [2.05, 4.69) is 4.74 Å². The molecule has 2 N–H and O–H groups in total. The Balaban J connectivity index is 2.63. The smallest absolute Gasteiger partial charge is 0.424 e. The molecule has 0 atom stereocenters. The third kappa shape index (κ3) is 2.29. The highest BCUT2D eigenvalue weighted by atomic mass is 32.2. The van der Waals surface area contributed by atoms with Gasteiger partial charge in [0, 0.05) is 6.54 Å². The van der Waals surface area contributed by atoms with Crippen LogP contribution < -0.4 is 4.72 Å². The van der Waals surface area contributed by atoms with Crippen LogP contribution in [0.2, 0.25) is 0 Å². The largest absolute Gasteiger partial charge is 0.447 e. The third-order valence-corrected chi connectivity index (χ3v) is 2.89. The number of rotatable bonds is 4. The SMILES string of the molecule is O=C1OCCN1S(=O)(=O)NCCO. The average molecular weight is 210 g/mol. The summed E-state index contributed by atoms with van der Waals surface area (Å²) in [6.45, 7) is -0.354. The van der Waals surface area contributed by atoms with Gasteiger partial charge in [0.2, 0.25) is 0 Å². The van der Waals surface area contributed by atoms with Crippen LogP contribution in [-0.2, 0) is 14.9 Å². The van der Waals surface area contributed by atoms with Crippen molar-refractivity contribution in [2.24, 2.45) is 0 Å². The lowest BCUT2D eigenvalue weighted by atomic mass is 10.7. The predicted octanol–water partition coefficient (Wildman–Crippen LogP) is -1.73. The Hall–Kier alpha value is -0.860. The minimum atomic E-state index is -3.82. The van der Waals surface area contributed by atoms with Crippen molar-refractivity contribution in [3.8, 4) is 0 Å². The van der Waals surface area contributed by atoms with Crippen molar-refractivity contribution >= 4 is 16.3 Å². The molecule has 0 aromatic carbocycles. The Labute approximate surface area is 75.5 Å². The van der Waals surface area contributed by atoms with Crippen LogP contribution in [0.4, 0.5) is 4.79 Å². The number of carbonyl (C=O) groups is 1. The van der Waals surface area contributed by atoms with E-state index in [-0.39, 0.29) is 26.3 Å². The number of nitrogens with one attached hydrogen (secondary N) is 1. The zero-order valence-corrected chi connectivity index (χ0v) is 7.58. The second-order valence-electron chi connectivity index (χ2n) is 2.31. The van der Waals surface area contributed by atoms with Crippen molar-refractivity contribution in [2.45, 2.75) is 0 Å². The molecule has 1 amide bonds. The molecule has 0 radical (unpaired) electrons. The summed E-state index contributed by atoms with van der Waals surface area (Å²) in [5.74, 6) is 0. The summed E-state index contributed by atoms with van der Waals surface area (Å²) in [7, 11) is -3.82. The van der Waals surface area contributed by atoms with Gasteiger partial charge in [0.25, 0.3) is 0 Å². The summed E-state index contributed by atoms with van der Waals surface area (Å²) >= 11 is 0. The van der Waals surface area contributed by atoms with Crippen molar-refractivity contribution in [3.63, 3.8) is 0 Å². The molecule has 0 aromatic heterocycles. The van der Waals surface area contributed by atoms with Gasteiger partial charge in [-0.2, -0.15) is 17.4 Å². The molecule has 8 heteroatoms. The number of ether oxygens (including phenoxy) is 1. The van der Waals surface area contributed by atoms with E-state index in [0.717, 1.165) is 0 Å². The number of aliphatic hydroxyl groups excluding tert-OH is 1. The first-order chi connectivity index (χ1) is 6.08. The summed E-state index contributed by atoms with van der Waals surface area (Å²) in [4.78, 5) is 10.8. The van der Waals surface area contributed by atoms with E-state index in [9.17, 15) is 13.2 Å². The minimum Gasteiger partial charge on any atom is -0.447 e. The van der Waals surface area contributed by atoms with Crippen LogP contribution in [0.3, 0.4) is 0 Å². The first-order valence-electron chi connectivity index (χ1n) is 3.63. The van der Waals surface area contributed by atoms with E-state index in [1.54, 1.807) is 0 Å². The fourth-order valence-electron chi connectivity index (χ4n) is 0.850. The molecule has 0 unspecified atom stereocenters. The Morgan fingerprint density at radius 1 is 1.62 bits per heavy atom.